The van der Waals surface area contributed by atoms with Crippen molar-refractivity contribution in [3.8, 4) is 0 Å². The average Bonchev–Trinajstić information content (AvgIpc) is 1.95. The van der Waals surface area contributed by atoms with Gasteiger partial charge in [0.15, 0.2) is 0 Å². The van der Waals surface area contributed by atoms with Gasteiger partial charge >= 0.3 is 83.3 Å². The van der Waals surface area contributed by atoms with E-state index in [2.05, 4.69) is 48.0 Å². The maximum atomic E-state index is 3.46. The molecule has 0 N–H and O–H groups in total. The summed E-state index contributed by atoms with van der Waals surface area (Å²) in [6, 6.07) is 6.57. The standard InChI is InChI=1S/C9H11AsBr/c1-3-10-9-5-4-8(11)6-7(9)2/h4-6H,3H2,1-2H3. The summed E-state index contributed by atoms with van der Waals surface area (Å²) in [5.74, 6) is 0. The van der Waals surface area contributed by atoms with E-state index in [1.165, 1.54) is 15.2 Å². The first kappa shape index (κ1) is 9.35. The second kappa shape index (κ2) is 4.33. The molecule has 0 unspecified atom stereocenters. The molecule has 0 atom stereocenters. The van der Waals surface area contributed by atoms with Crippen LogP contribution in [0.1, 0.15) is 12.5 Å². The number of benzene rings is 1. The average molecular weight is 274 g/mol. The molecular weight excluding hydrogens is 263 g/mol. The van der Waals surface area contributed by atoms with Gasteiger partial charge < -0.3 is 0 Å². The summed E-state index contributed by atoms with van der Waals surface area (Å²) in [6.45, 7) is 4.44. The van der Waals surface area contributed by atoms with Crippen LogP contribution in [0.2, 0.25) is 5.21 Å². The topological polar surface area (TPSA) is 0 Å². The van der Waals surface area contributed by atoms with Crippen LogP contribution in [-0.2, 0) is 0 Å². The van der Waals surface area contributed by atoms with Crippen LogP contribution in [0.3, 0.4) is 0 Å². The van der Waals surface area contributed by atoms with Crippen LogP contribution >= 0.6 is 15.9 Å². The van der Waals surface area contributed by atoms with E-state index >= 15 is 0 Å². The number of rotatable bonds is 2. The Balaban J connectivity index is 2.90. The Morgan fingerprint density at radius 3 is 2.73 bits per heavy atom. The molecule has 11 heavy (non-hydrogen) atoms. The molecule has 0 aliphatic rings. The minimum absolute atomic E-state index is 0.410. The van der Waals surface area contributed by atoms with Crippen LogP contribution in [-0.4, -0.2) is 15.8 Å². The molecule has 0 saturated heterocycles. The summed E-state index contributed by atoms with van der Waals surface area (Å²) in [4.78, 5) is 0. The Hall–Kier alpha value is 0.258. The first-order chi connectivity index (χ1) is 5.24. The number of halogens is 1. The van der Waals surface area contributed by atoms with Crippen LogP contribution in [0.25, 0.3) is 0 Å². The monoisotopic (exact) mass is 273 g/mol. The third kappa shape index (κ3) is 2.65. The summed E-state index contributed by atoms with van der Waals surface area (Å²) in [7, 11) is 0. The normalized spacial score (nSPS) is 11.2. The van der Waals surface area contributed by atoms with Crippen LogP contribution in [0.15, 0.2) is 22.7 Å². The van der Waals surface area contributed by atoms with Crippen LogP contribution in [0.4, 0.5) is 0 Å². The van der Waals surface area contributed by atoms with Crippen molar-refractivity contribution in [2.75, 3.05) is 0 Å². The number of hydrogen-bond acceptors (Lipinski definition) is 0. The molecule has 59 valence electrons. The molecule has 0 saturated carbocycles. The van der Waals surface area contributed by atoms with Gasteiger partial charge in [0.2, 0.25) is 0 Å². The van der Waals surface area contributed by atoms with Crippen molar-refractivity contribution in [1.82, 2.24) is 0 Å². The van der Waals surface area contributed by atoms with Crippen LogP contribution < -0.4 is 4.35 Å². The number of aryl methyl sites for hydroxylation is 1. The van der Waals surface area contributed by atoms with Crippen molar-refractivity contribution < 1.29 is 0 Å². The van der Waals surface area contributed by atoms with E-state index in [-0.39, 0.29) is 0 Å². The molecule has 1 radical (unpaired) electrons. The SMILES string of the molecule is CC[As]c1ccc(Br)cc1C. The van der Waals surface area contributed by atoms with Crippen molar-refractivity contribution in [3.63, 3.8) is 0 Å². The van der Waals surface area contributed by atoms with Gasteiger partial charge in [0.1, 0.15) is 0 Å². The Morgan fingerprint density at radius 2 is 2.18 bits per heavy atom. The molecule has 0 amide bonds. The van der Waals surface area contributed by atoms with E-state index in [9.17, 15) is 0 Å². The van der Waals surface area contributed by atoms with Gasteiger partial charge in [0.25, 0.3) is 0 Å². The van der Waals surface area contributed by atoms with Crippen LogP contribution in [0.5, 0.6) is 0 Å². The van der Waals surface area contributed by atoms with Gasteiger partial charge in [-0.3, -0.25) is 0 Å². The molecule has 2 heteroatoms. The van der Waals surface area contributed by atoms with Crippen molar-refractivity contribution in [2.24, 2.45) is 0 Å². The van der Waals surface area contributed by atoms with Crippen molar-refractivity contribution >= 4 is 36.0 Å². The Kier molecular flexibility index (Phi) is 3.68. The molecule has 0 spiro atoms. The first-order valence-corrected chi connectivity index (χ1v) is 6.73. The summed E-state index contributed by atoms with van der Waals surface area (Å²) < 4.78 is 2.75. The fourth-order valence-electron chi connectivity index (χ4n) is 0.967. The summed E-state index contributed by atoms with van der Waals surface area (Å²) in [6.07, 6.45) is 0. The Labute approximate surface area is 83.2 Å². The molecule has 0 aromatic heterocycles. The molecule has 0 fully saturated rings. The van der Waals surface area contributed by atoms with E-state index in [1.807, 2.05) is 0 Å². The zero-order valence-corrected chi connectivity index (χ0v) is 10.2. The molecular formula is C9H11AsBr. The van der Waals surface area contributed by atoms with E-state index in [4.69, 9.17) is 0 Å². The van der Waals surface area contributed by atoms with Gasteiger partial charge in [-0.1, -0.05) is 0 Å². The van der Waals surface area contributed by atoms with E-state index < -0.39 is 0 Å². The third-order valence-corrected chi connectivity index (χ3v) is 4.41. The molecule has 0 aliphatic carbocycles. The summed E-state index contributed by atoms with van der Waals surface area (Å²) in [5.41, 5.74) is 1.43. The molecule has 0 bridgehead atoms. The molecule has 1 rings (SSSR count). The van der Waals surface area contributed by atoms with Gasteiger partial charge in [-0.2, -0.15) is 0 Å². The Morgan fingerprint density at radius 1 is 1.45 bits per heavy atom. The van der Waals surface area contributed by atoms with Gasteiger partial charge in [-0.15, -0.1) is 0 Å². The predicted molar refractivity (Wildman–Crippen MR) is 54.7 cm³/mol. The summed E-state index contributed by atoms with van der Waals surface area (Å²) in [5, 5.41) is 1.32. The predicted octanol–water partition coefficient (Wildman–Crippen LogP) is 2.53. The summed E-state index contributed by atoms with van der Waals surface area (Å²) >= 11 is 3.87. The van der Waals surface area contributed by atoms with Gasteiger partial charge in [-0.05, 0) is 0 Å². The number of hydrogen-bond donors (Lipinski definition) is 0. The minimum atomic E-state index is 0.410. The van der Waals surface area contributed by atoms with Crippen molar-refractivity contribution in [2.45, 2.75) is 19.1 Å². The van der Waals surface area contributed by atoms with E-state index in [0.717, 1.165) is 0 Å². The second-order valence-corrected chi connectivity index (χ2v) is 6.32. The molecule has 1 aromatic rings. The molecule has 0 nitrogen and oxygen atoms in total. The molecule has 1 aromatic carbocycles. The molecule has 0 heterocycles. The second-order valence-electron chi connectivity index (χ2n) is 2.41. The third-order valence-electron chi connectivity index (χ3n) is 1.49. The quantitative estimate of drug-likeness (QED) is 0.727. The maximum absolute atomic E-state index is 3.46. The fourth-order valence-corrected chi connectivity index (χ4v) is 3.19. The van der Waals surface area contributed by atoms with Gasteiger partial charge in [-0.25, -0.2) is 0 Å². The Bertz CT molecular complexity index is 245. The fraction of sp³-hybridized carbons (Fsp3) is 0.333. The van der Waals surface area contributed by atoms with Gasteiger partial charge in [0.05, 0.1) is 0 Å². The van der Waals surface area contributed by atoms with Crippen LogP contribution in [0, 0.1) is 6.92 Å². The van der Waals surface area contributed by atoms with Crippen molar-refractivity contribution in [1.29, 1.82) is 0 Å². The first-order valence-electron chi connectivity index (χ1n) is 3.67. The zero-order chi connectivity index (χ0) is 8.27. The van der Waals surface area contributed by atoms with Gasteiger partial charge in [0, 0.05) is 0 Å². The molecule has 0 aliphatic heterocycles. The van der Waals surface area contributed by atoms with E-state index in [1.54, 1.807) is 4.35 Å². The van der Waals surface area contributed by atoms with E-state index in [0.29, 0.717) is 15.8 Å². The van der Waals surface area contributed by atoms with Crippen molar-refractivity contribution in [3.05, 3.63) is 28.2 Å². The zero-order valence-electron chi connectivity index (χ0n) is 6.76.